The lowest BCUT2D eigenvalue weighted by atomic mass is 9.92. The van der Waals surface area contributed by atoms with E-state index in [0.29, 0.717) is 16.7 Å². The molecular formula is C19H16O4. The molecule has 0 saturated carbocycles. The van der Waals surface area contributed by atoms with Gasteiger partial charge in [0.25, 0.3) is 0 Å². The van der Waals surface area contributed by atoms with Crippen LogP contribution in [0.25, 0.3) is 23.3 Å². The Morgan fingerprint density at radius 2 is 1.43 bits per heavy atom. The molecule has 23 heavy (non-hydrogen) atoms. The van der Waals surface area contributed by atoms with Crippen molar-refractivity contribution >= 4 is 24.1 Å². The summed E-state index contributed by atoms with van der Waals surface area (Å²) in [7, 11) is 1.31. The first kappa shape index (κ1) is 16.2. The van der Waals surface area contributed by atoms with Crippen molar-refractivity contribution in [1.29, 1.82) is 0 Å². The van der Waals surface area contributed by atoms with Gasteiger partial charge in [0.15, 0.2) is 0 Å². The van der Waals surface area contributed by atoms with E-state index in [2.05, 4.69) is 13.2 Å². The van der Waals surface area contributed by atoms with Gasteiger partial charge in [-0.3, -0.25) is 0 Å². The molecule has 0 spiro atoms. The molecule has 0 aliphatic rings. The zero-order valence-electron chi connectivity index (χ0n) is 12.7. The fourth-order valence-electron chi connectivity index (χ4n) is 2.31. The average molecular weight is 308 g/mol. The van der Waals surface area contributed by atoms with E-state index in [1.54, 1.807) is 42.5 Å². The lowest BCUT2D eigenvalue weighted by Gasteiger charge is -2.12. The number of carboxylic acid groups (broad SMARTS) is 1. The van der Waals surface area contributed by atoms with Crippen LogP contribution < -0.4 is 0 Å². The number of aromatic carboxylic acids is 1. The number of esters is 1. The van der Waals surface area contributed by atoms with Crippen LogP contribution in [0.15, 0.2) is 49.6 Å². The summed E-state index contributed by atoms with van der Waals surface area (Å²) in [5, 5.41) is 9.21. The molecule has 4 nitrogen and oxygen atoms in total. The summed E-state index contributed by atoms with van der Waals surface area (Å²) in [5.74, 6) is -1.48. The van der Waals surface area contributed by atoms with Crippen molar-refractivity contribution in [1.82, 2.24) is 0 Å². The van der Waals surface area contributed by atoms with Gasteiger partial charge >= 0.3 is 11.9 Å². The normalized spacial score (nSPS) is 9.96. The van der Waals surface area contributed by atoms with Crippen molar-refractivity contribution in [3.8, 4) is 11.1 Å². The topological polar surface area (TPSA) is 63.6 Å². The van der Waals surface area contributed by atoms with Crippen LogP contribution >= 0.6 is 0 Å². The van der Waals surface area contributed by atoms with E-state index in [1.807, 2.05) is 0 Å². The van der Waals surface area contributed by atoms with Gasteiger partial charge in [0.2, 0.25) is 0 Å². The largest absolute Gasteiger partial charge is 0.478 e. The number of carboxylic acids is 1. The third-order valence-corrected chi connectivity index (χ3v) is 3.50. The summed E-state index contributed by atoms with van der Waals surface area (Å²) in [6.45, 7) is 7.52. The Balaban J connectivity index is 2.75. The monoisotopic (exact) mass is 308 g/mol. The van der Waals surface area contributed by atoms with Crippen LogP contribution in [0.2, 0.25) is 0 Å². The molecule has 2 aromatic rings. The van der Waals surface area contributed by atoms with Crippen molar-refractivity contribution < 1.29 is 19.4 Å². The Morgan fingerprint density at radius 1 is 0.957 bits per heavy atom. The molecular weight excluding hydrogens is 292 g/mol. The molecule has 2 aromatic carbocycles. The predicted octanol–water partition coefficient (Wildman–Crippen LogP) is 4.12. The molecule has 1 N–H and O–H groups in total. The summed E-state index contributed by atoms with van der Waals surface area (Å²) in [6.07, 6.45) is 3.29. The standard InChI is InChI=1S/C19H16O4/c1-4-12-6-8-14(18(20)21)10-16(12)17-11-15(19(22)23-3)9-7-13(17)5-2/h4-11H,1-2H2,3H3,(H,20,21). The van der Waals surface area contributed by atoms with Crippen LogP contribution in [-0.4, -0.2) is 24.2 Å². The highest BCUT2D eigenvalue weighted by Crippen LogP contribution is 2.31. The molecule has 0 unspecified atom stereocenters. The number of hydrogen-bond donors (Lipinski definition) is 1. The molecule has 0 amide bonds. The molecule has 0 atom stereocenters. The Labute approximate surface area is 134 Å². The number of hydrogen-bond acceptors (Lipinski definition) is 3. The summed E-state index contributed by atoms with van der Waals surface area (Å²) in [4.78, 5) is 23.0. The number of rotatable bonds is 5. The van der Waals surface area contributed by atoms with Crippen molar-refractivity contribution in [2.45, 2.75) is 0 Å². The van der Waals surface area contributed by atoms with Crippen molar-refractivity contribution in [2.24, 2.45) is 0 Å². The maximum absolute atomic E-state index is 11.8. The molecule has 0 radical (unpaired) electrons. The molecule has 2 rings (SSSR count). The van der Waals surface area contributed by atoms with Gasteiger partial charge in [-0.1, -0.05) is 37.4 Å². The summed E-state index contributed by atoms with van der Waals surface area (Å²) in [5.41, 5.74) is 3.44. The zero-order valence-corrected chi connectivity index (χ0v) is 12.7. The third-order valence-electron chi connectivity index (χ3n) is 3.50. The minimum absolute atomic E-state index is 0.157. The van der Waals surface area contributed by atoms with Crippen LogP contribution in [0.1, 0.15) is 31.8 Å². The van der Waals surface area contributed by atoms with Gasteiger partial charge in [0.1, 0.15) is 0 Å². The molecule has 0 saturated heterocycles. The van der Waals surface area contributed by atoms with Gasteiger partial charge in [-0.25, -0.2) is 9.59 Å². The van der Waals surface area contributed by atoms with Crippen LogP contribution in [0.4, 0.5) is 0 Å². The smallest absolute Gasteiger partial charge is 0.337 e. The quantitative estimate of drug-likeness (QED) is 0.844. The minimum Gasteiger partial charge on any atom is -0.478 e. The molecule has 0 bridgehead atoms. The Morgan fingerprint density at radius 3 is 1.87 bits per heavy atom. The first-order valence-corrected chi connectivity index (χ1v) is 6.86. The zero-order chi connectivity index (χ0) is 17.0. The summed E-state index contributed by atoms with van der Waals surface area (Å²) >= 11 is 0. The van der Waals surface area contributed by atoms with E-state index in [9.17, 15) is 14.7 Å². The third kappa shape index (κ3) is 3.21. The fraction of sp³-hybridized carbons (Fsp3) is 0.0526. The van der Waals surface area contributed by atoms with Gasteiger partial charge in [-0.2, -0.15) is 0 Å². The number of methoxy groups -OCH3 is 1. The van der Waals surface area contributed by atoms with Crippen molar-refractivity contribution in [2.75, 3.05) is 7.11 Å². The van der Waals surface area contributed by atoms with Gasteiger partial charge in [0, 0.05) is 0 Å². The fourth-order valence-corrected chi connectivity index (χ4v) is 2.31. The Bertz CT molecular complexity index is 803. The lowest BCUT2D eigenvalue weighted by molar-refractivity contribution is 0.0600. The van der Waals surface area contributed by atoms with Crippen LogP contribution in [0.3, 0.4) is 0 Å². The molecule has 0 aliphatic heterocycles. The first-order valence-electron chi connectivity index (χ1n) is 6.86. The maximum Gasteiger partial charge on any atom is 0.337 e. The highest BCUT2D eigenvalue weighted by molar-refractivity contribution is 5.95. The maximum atomic E-state index is 11.8. The van der Waals surface area contributed by atoms with E-state index in [1.165, 1.54) is 13.2 Å². The number of carbonyl (C=O) groups is 2. The second-order valence-electron chi connectivity index (χ2n) is 4.81. The minimum atomic E-state index is -1.02. The van der Waals surface area contributed by atoms with Gasteiger partial charge in [-0.05, 0) is 46.5 Å². The first-order chi connectivity index (χ1) is 11.0. The van der Waals surface area contributed by atoms with Crippen LogP contribution in [-0.2, 0) is 4.74 Å². The van der Waals surface area contributed by atoms with E-state index < -0.39 is 11.9 Å². The molecule has 0 fully saturated rings. The van der Waals surface area contributed by atoms with Crippen molar-refractivity contribution in [3.63, 3.8) is 0 Å². The van der Waals surface area contributed by atoms with E-state index in [0.717, 1.165) is 11.1 Å². The Hall–Kier alpha value is -3.14. The molecule has 116 valence electrons. The van der Waals surface area contributed by atoms with Gasteiger partial charge in [0.05, 0.1) is 18.2 Å². The predicted molar refractivity (Wildman–Crippen MR) is 90.4 cm³/mol. The van der Waals surface area contributed by atoms with Crippen LogP contribution in [0, 0.1) is 0 Å². The number of benzene rings is 2. The van der Waals surface area contributed by atoms with Gasteiger partial charge < -0.3 is 9.84 Å². The summed E-state index contributed by atoms with van der Waals surface area (Å²) in [6, 6.07) is 9.81. The van der Waals surface area contributed by atoms with E-state index >= 15 is 0 Å². The molecule has 0 aromatic heterocycles. The highest BCUT2D eigenvalue weighted by Gasteiger charge is 2.14. The summed E-state index contributed by atoms with van der Waals surface area (Å²) < 4.78 is 4.74. The van der Waals surface area contributed by atoms with Gasteiger partial charge in [-0.15, -0.1) is 0 Å². The second-order valence-corrected chi connectivity index (χ2v) is 4.81. The highest BCUT2D eigenvalue weighted by atomic mass is 16.5. The van der Waals surface area contributed by atoms with E-state index in [4.69, 9.17) is 4.74 Å². The number of carbonyl (C=O) groups excluding carboxylic acids is 1. The van der Waals surface area contributed by atoms with Crippen molar-refractivity contribution in [3.05, 3.63) is 71.8 Å². The molecule has 0 heterocycles. The SMILES string of the molecule is C=Cc1ccc(C(=O)O)cc1-c1cc(C(=O)OC)ccc1C=C. The second kappa shape index (κ2) is 6.75. The Kier molecular flexibility index (Phi) is 4.76. The lowest BCUT2D eigenvalue weighted by Crippen LogP contribution is -2.03. The van der Waals surface area contributed by atoms with Crippen LogP contribution in [0.5, 0.6) is 0 Å². The van der Waals surface area contributed by atoms with E-state index in [-0.39, 0.29) is 5.56 Å². The molecule has 4 heteroatoms. The number of ether oxygens (including phenoxy) is 1. The average Bonchev–Trinajstić information content (AvgIpc) is 2.59. The molecule has 0 aliphatic carbocycles.